The molecule has 0 radical (unpaired) electrons. The fraction of sp³-hybridized carbons (Fsp3) is 0.611. The van der Waals surface area contributed by atoms with E-state index in [0.717, 1.165) is 38.1 Å². The number of hydrogen-bond acceptors (Lipinski definition) is 3. The average Bonchev–Trinajstić information content (AvgIpc) is 2.55. The smallest absolute Gasteiger partial charge is 0.238 e. The topological polar surface area (TPSA) is 41.6 Å². The SMILES string of the molecule is CCc1ccccc1NC(=O)CN1CCOC2CCCCC21. The Morgan fingerprint density at radius 3 is 3.00 bits per heavy atom. The number of rotatable bonds is 4. The monoisotopic (exact) mass is 302 g/mol. The molecule has 2 fully saturated rings. The number of morpholine rings is 1. The van der Waals surface area contributed by atoms with Gasteiger partial charge < -0.3 is 10.1 Å². The molecule has 0 bridgehead atoms. The van der Waals surface area contributed by atoms with E-state index in [1.807, 2.05) is 18.2 Å². The molecular weight excluding hydrogens is 276 g/mol. The normalized spacial score (nSPS) is 25.5. The highest BCUT2D eigenvalue weighted by molar-refractivity contribution is 5.93. The highest BCUT2D eigenvalue weighted by Crippen LogP contribution is 2.28. The van der Waals surface area contributed by atoms with E-state index in [1.165, 1.54) is 18.4 Å². The molecule has 1 aromatic rings. The summed E-state index contributed by atoms with van der Waals surface area (Å²) < 4.78 is 5.88. The van der Waals surface area contributed by atoms with Crippen molar-refractivity contribution < 1.29 is 9.53 Å². The van der Waals surface area contributed by atoms with Crippen LogP contribution in [0.4, 0.5) is 5.69 Å². The molecule has 0 aromatic heterocycles. The lowest BCUT2D eigenvalue weighted by atomic mass is 9.90. The molecule has 1 aromatic carbocycles. The van der Waals surface area contributed by atoms with Gasteiger partial charge >= 0.3 is 0 Å². The maximum absolute atomic E-state index is 12.4. The number of benzene rings is 1. The Bertz CT molecular complexity index is 516. The van der Waals surface area contributed by atoms with Crippen LogP contribution in [0.5, 0.6) is 0 Å². The number of carbonyl (C=O) groups excluding carboxylic acids is 1. The number of anilines is 1. The van der Waals surface area contributed by atoms with Gasteiger partial charge in [0.05, 0.1) is 19.3 Å². The molecule has 0 spiro atoms. The Hall–Kier alpha value is -1.39. The molecule has 1 aliphatic heterocycles. The number of nitrogens with one attached hydrogen (secondary N) is 1. The molecule has 2 atom stereocenters. The van der Waals surface area contributed by atoms with Gasteiger partial charge in [-0.05, 0) is 30.9 Å². The van der Waals surface area contributed by atoms with Gasteiger partial charge in [-0.15, -0.1) is 0 Å². The number of ether oxygens (including phenoxy) is 1. The molecule has 4 nitrogen and oxygen atoms in total. The molecule has 120 valence electrons. The maximum Gasteiger partial charge on any atom is 0.238 e. The first-order valence-electron chi connectivity index (χ1n) is 8.51. The second-order valence-electron chi connectivity index (χ2n) is 6.29. The van der Waals surface area contributed by atoms with E-state index in [9.17, 15) is 4.79 Å². The summed E-state index contributed by atoms with van der Waals surface area (Å²) in [6.07, 6.45) is 6.06. The zero-order valence-electron chi connectivity index (χ0n) is 13.4. The van der Waals surface area contributed by atoms with Crippen molar-refractivity contribution in [1.29, 1.82) is 0 Å². The fourth-order valence-electron chi connectivity index (χ4n) is 3.70. The van der Waals surface area contributed by atoms with Crippen molar-refractivity contribution in [2.75, 3.05) is 25.0 Å². The lowest BCUT2D eigenvalue weighted by Crippen LogP contribution is -2.54. The van der Waals surface area contributed by atoms with Crippen LogP contribution in [0, 0.1) is 0 Å². The first-order valence-corrected chi connectivity index (χ1v) is 8.51. The minimum Gasteiger partial charge on any atom is -0.375 e. The Morgan fingerprint density at radius 2 is 2.14 bits per heavy atom. The molecule has 2 unspecified atom stereocenters. The third kappa shape index (κ3) is 3.50. The zero-order chi connectivity index (χ0) is 15.4. The number of fused-ring (bicyclic) bond motifs is 1. The third-order valence-electron chi connectivity index (χ3n) is 4.87. The van der Waals surface area contributed by atoms with Crippen molar-refractivity contribution in [1.82, 2.24) is 4.90 Å². The third-order valence-corrected chi connectivity index (χ3v) is 4.87. The van der Waals surface area contributed by atoms with Crippen LogP contribution in [0.3, 0.4) is 0 Å². The van der Waals surface area contributed by atoms with E-state index in [-0.39, 0.29) is 5.91 Å². The van der Waals surface area contributed by atoms with E-state index in [2.05, 4.69) is 23.2 Å². The Kier molecular flexibility index (Phi) is 5.11. The molecule has 1 aliphatic carbocycles. The molecule has 1 saturated heterocycles. The second kappa shape index (κ2) is 7.25. The average molecular weight is 302 g/mol. The standard InChI is InChI=1S/C18H26N2O2/c1-2-14-7-3-4-8-15(14)19-18(21)13-20-11-12-22-17-10-6-5-9-16(17)20/h3-4,7-8,16-17H,2,5-6,9-13H2,1H3,(H,19,21). The highest BCUT2D eigenvalue weighted by atomic mass is 16.5. The van der Waals surface area contributed by atoms with Crippen LogP contribution in [0.25, 0.3) is 0 Å². The number of aryl methyl sites for hydroxylation is 1. The van der Waals surface area contributed by atoms with Gasteiger partial charge in [-0.3, -0.25) is 9.69 Å². The molecule has 1 amide bonds. The van der Waals surface area contributed by atoms with Gasteiger partial charge in [-0.1, -0.05) is 38.0 Å². The van der Waals surface area contributed by atoms with Crippen LogP contribution < -0.4 is 5.32 Å². The predicted molar refractivity (Wildman–Crippen MR) is 88.0 cm³/mol. The Labute approximate surface area is 132 Å². The number of amides is 1. The van der Waals surface area contributed by atoms with Crippen molar-refractivity contribution >= 4 is 11.6 Å². The van der Waals surface area contributed by atoms with Gasteiger partial charge in [0.1, 0.15) is 0 Å². The highest BCUT2D eigenvalue weighted by Gasteiger charge is 2.34. The van der Waals surface area contributed by atoms with Crippen LogP contribution in [0.15, 0.2) is 24.3 Å². The van der Waals surface area contributed by atoms with E-state index in [4.69, 9.17) is 4.74 Å². The minimum atomic E-state index is 0.0899. The molecule has 4 heteroatoms. The quantitative estimate of drug-likeness (QED) is 0.930. The number of hydrogen-bond donors (Lipinski definition) is 1. The largest absolute Gasteiger partial charge is 0.375 e. The summed E-state index contributed by atoms with van der Waals surface area (Å²) in [5, 5.41) is 3.08. The van der Waals surface area contributed by atoms with Gasteiger partial charge in [0.25, 0.3) is 0 Å². The number of carbonyl (C=O) groups is 1. The van der Waals surface area contributed by atoms with Crippen molar-refractivity contribution in [3.05, 3.63) is 29.8 Å². The van der Waals surface area contributed by atoms with E-state index < -0.39 is 0 Å². The summed E-state index contributed by atoms with van der Waals surface area (Å²) in [4.78, 5) is 14.7. The van der Waals surface area contributed by atoms with Crippen molar-refractivity contribution in [2.24, 2.45) is 0 Å². The molecule has 1 saturated carbocycles. The molecule has 2 aliphatic rings. The summed E-state index contributed by atoms with van der Waals surface area (Å²) in [5.74, 6) is 0.0899. The predicted octanol–water partition coefficient (Wildman–Crippen LogP) is 2.83. The van der Waals surface area contributed by atoms with Crippen molar-refractivity contribution in [2.45, 2.75) is 51.2 Å². The van der Waals surface area contributed by atoms with Crippen molar-refractivity contribution in [3.63, 3.8) is 0 Å². The summed E-state index contributed by atoms with van der Waals surface area (Å²) in [7, 11) is 0. The summed E-state index contributed by atoms with van der Waals surface area (Å²) >= 11 is 0. The van der Waals surface area contributed by atoms with Crippen LogP contribution >= 0.6 is 0 Å². The number of para-hydroxylation sites is 1. The maximum atomic E-state index is 12.4. The Morgan fingerprint density at radius 1 is 1.32 bits per heavy atom. The molecule has 1 N–H and O–H groups in total. The fourth-order valence-corrected chi connectivity index (χ4v) is 3.70. The lowest BCUT2D eigenvalue weighted by molar-refractivity contribution is -0.124. The van der Waals surface area contributed by atoms with Crippen LogP contribution in [-0.2, 0) is 16.0 Å². The van der Waals surface area contributed by atoms with Gasteiger partial charge in [0.15, 0.2) is 0 Å². The van der Waals surface area contributed by atoms with Crippen LogP contribution in [0.2, 0.25) is 0 Å². The van der Waals surface area contributed by atoms with Gasteiger partial charge in [0, 0.05) is 18.3 Å². The summed E-state index contributed by atoms with van der Waals surface area (Å²) in [6.45, 7) is 4.20. The second-order valence-corrected chi connectivity index (χ2v) is 6.29. The molecule has 22 heavy (non-hydrogen) atoms. The lowest BCUT2D eigenvalue weighted by Gasteiger charge is -2.43. The number of nitrogens with zero attached hydrogens (tertiary/aromatic N) is 1. The van der Waals surface area contributed by atoms with Gasteiger partial charge in [-0.25, -0.2) is 0 Å². The summed E-state index contributed by atoms with van der Waals surface area (Å²) in [5.41, 5.74) is 2.14. The zero-order valence-corrected chi connectivity index (χ0v) is 13.4. The van der Waals surface area contributed by atoms with Gasteiger partial charge in [-0.2, -0.15) is 0 Å². The van der Waals surface area contributed by atoms with Crippen molar-refractivity contribution in [3.8, 4) is 0 Å². The van der Waals surface area contributed by atoms with Gasteiger partial charge in [0.2, 0.25) is 5.91 Å². The molecule has 3 rings (SSSR count). The minimum absolute atomic E-state index is 0.0899. The molecular formula is C18H26N2O2. The van der Waals surface area contributed by atoms with Crippen LogP contribution in [0.1, 0.15) is 38.2 Å². The van der Waals surface area contributed by atoms with E-state index in [1.54, 1.807) is 0 Å². The first kappa shape index (κ1) is 15.5. The first-order chi connectivity index (χ1) is 10.8. The molecule has 1 heterocycles. The summed E-state index contributed by atoms with van der Waals surface area (Å²) in [6, 6.07) is 8.47. The van der Waals surface area contributed by atoms with E-state index >= 15 is 0 Å². The van der Waals surface area contributed by atoms with Crippen LogP contribution in [-0.4, -0.2) is 42.6 Å². The Balaban J connectivity index is 1.61. The van der Waals surface area contributed by atoms with E-state index in [0.29, 0.717) is 18.7 Å².